The van der Waals surface area contributed by atoms with Crippen LogP contribution in [-0.4, -0.2) is 37.2 Å². The molecule has 0 radical (unpaired) electrons. The number of rotatable bonds is 61. The number of allylic oxidation sites excluding steroid dienone is 20. The summed E-state index contributed by atoms with van der Waals surface area (Å²) in [6.45, 7) is 6.41. The molecule has 0 bridgehead atoms. The second-order valence-corrected chi connectivity index (χ2v) is 22.3. The van der Waals surface area contributed by atoms with Crippen LogP contribution in [0.2, 0.25) is 0 Å². The van der Waals surface area contributed by atoms with E-state index in [0.29, 0.717) is 19.3 Å². The molecule has 0 aliphatic carbocycles. The molecule has 0 rings (SSSR count). The van der Waals surface area contributed by atoms with Gasteiger partial charge in [-0.05, 0) is 128 Å². The predicted octanol–water partition coefficient (Wildman–Crippen LogP) is 23.6. The number of hydrogen-bond acceptors (Lipinski definition) is 6. The van der Waals surface area contributed by atoms with Crippen molar-refractivity contribution in [3.05, 3.63) is 122 Å². The molecule has 6 nitrogen and oxygen atoms in total. The zero-order valence-corrected chi connectivity index (χ0v) is 53.0. The molecule has 81 heavy (non-hydrogen) atoms. The SMILES string of the molecule is CC/C=C\C/C=C\C/C=C\C/C=C\C/C=C\CCCCCCCCCCCCCCCC(=O)OCC(COC(=O)CCCCCCC/C=C\CCCCCCCC)OC(=O)CCCCCCCC/C=C\C/C=C\C/C=C\C/C=C\CC. The van der Waals surface area contributed by atoms with E-state index >= 15 is 0 Å². The van der Waals surface area contributed by atoms with Crippen LogP contribution in [0.1, 0.15) is 316 Å². The Kier molecular flexibility index (Phi) is 64.8. The maximum atomic E-state index is 12.9. The molecule has 0 aromatic heterocycles. The van der Waals surface area contributed by atoms with E-state index in [1.807, 2.05) is 0 Å². The lowest BCUT2D eigenvalue weighted by Crippen LogP contribution is -2.30. The van der Waals surface area contributed by atoms with E-state index in [4.69, 9.17) is 14.2 Å². The van der Waals surface area contributed by atoms with Gasteiger partial charge in [0.2, 0.25) is 0 Å². The van der Waals surface area contributed by atoms with Crippen molar-refractivity contribution < 1.29 is 28.6 Å². The molecular weight excluding hydrogens is 997 g/mol. The number of unbranched alkanes of at least 4 members (excludes halogenated alkanes) is 30. The second kappa shape index (κ2) is 68.3. The molecule has 0 aromatic carbocycles. The van der Waals surface area contributed by atoms with Gasteiger partial charge >= 0.3 is 17.9 Å². The van der Waals surface area contributed by atoms with Gasteiger partial charge < -0.3 is 14.2 Å². The average Bonchev–Trinajstić information content (AvgIpc) is 3.47. The van der Waals surface area contributed by atoms with Crippen molar-refractivity contribution in [2.45, 2.75) is 322 Å². The predicted molar refractivity (Wildman–Crippen MR) is 353 cm³/mol. The maximum Gasteiger partial charge on any atom is 0.306 e. The Hall–Kier alpha value is -4.19. The summed E-state index contributed by atoms with van der Waals surface area (Å²) >= 11 is 0. The average molecular weight is 1120 g/mol. The Morgan fingerprint density at radius 3 is 0.765 bits per heavy atom. The minimum absolute atomic E-state index is 0.0877. The highest BCUT2D eigenvalue weighted by atomic mass is 16.6. The van der Waals surface area contributed by atoms with E-state index in [9.17, 15) is 14.4 Å². The van der Waals surface area contributed by atoms with Crippen molar-refractivity contribution in [1.82, 2.24) is 0 Å². The molecule has 462 valence electrons. The van der Waals surface area contributed by atoms with Crippen molar-refractivity contribution in [2.24, 2.45) is 0 Å². The van der Waals surface area contributed by atoms with E-state index in [2.05, 4.69) is 142 Å². The van der Waals surface area contributed by atoms with E-state index in [1.165, 1.54) is 141 Å². The largest absolute Gasteiger partial charge is 0.462 e. The molecular formula is C75H126O6. The van der Waals surface area contributed by atoms with Crippen molar-refractivity contribution in [1.29, 1.82) is 0 Å². The molecule has 0 aliphatic rings. The summed E-state index contributed by atoms with van der Waals surface area (Å²) in [4.78, 5) is 38.4. The van der Waals surface area contributed by atoms with Crippen molar-refractivity contribution in [2.75, 3.05) is 13.2 Å². The van der Waals surface area contributed by atoms with Crippen LogP contribution in [0.5, 0.6) is 0 Å². The molecule has 0 saturated heterocycles. The lowest BCUT2D eigenvalue weighted by atomic mass is 10.0. The van der Waals surface area contributed by atoms with Crippen LogP contribution >= 0.6 is 0 Å². The first kappa shape index (κ1) is 76.8. The van der Waals surface area contributed by atoms with Gasteiger partial charge in [-0.3, -0.25) is 14.4 Å². The first-order valence-corrected chi connectivity index (χ1v) is 34.0. The quantitative estimate of drug-likeness (QED) is 0.0261. The number of carbonyl (C=O) groups excluding carboxylic acids is 3. The third-order valence-corrected chi connectivity index (χ3v) is 14.4. The third-order valence-electron chi connectivity index (χ3n) is 14.4. The topological polar surface area (TPSA) is 78.9 Å². The molecule has 0 aromatic rings. The zero-order valence-electron chi connectivity index (χ0n) is 53.0. The van der Waals surface area contributed by atoms with Crippen LogP contribution in [0.25, 0.3) is 0 Å². The monoisotopic (exact) mass is 1120 g/mol. The van der Waals surface area contributed by atoms with Gasteiger partial charge in [0.15, 0.2) is 6.10 Å². The highest BCUT2D eigenvalue weighted by Gasteiger charge is 2.19. The lowest BCUT2D eigenvalue weighted by molar-refractivity contribution is -0.167. The standard InChI is InChI=1S/C75H126O6/c1-4-7-10-13-16-19-22-25-28-30-32-33-34-35-36-37-38-39-40-41-43-44-47-50-53-56-59-62-65-68-74(77)80-71-72(70-79-73(76)67-64-61-58-55-52-49-46-27-24-21-18-15-12-9-6-3)81-75(78)69-66-63-60-57-54-51-48-45-42-31-29-26-23-20-17-14-11-8-5-2/h7-8,10-11,16-17,19-20,25-29,32-33,35-36,42,45-46,72H,4-6,9,12-15,18,21-24,30-31,34,37-41,43-44,47-71H2,1-3H3/b10-7-,11-8-,19-16-,20-17-,28-25-,29-26-,33-32-,36-35-,45-42-,46-27-. The van der Waals surface area contributed by atoms with Gasteiger partial charge in [-0.2, -0.15) is 0 Å². The molecule has 1 atom stereocenters. The van der Waals surface area contributed by atoms with Gasteiger partial charge in [0.05, 0.1) is 0 Å². The van der Waals surface area contributed by atoms with E-state index in [0.717, 1.165) is 135 Å². The van der Waals surface area contributed by atoms with Crippen LogP contribution in [0, 0.1) is 0 Å². The van der Waals surface area contributed by atoms with Gasteiger partial charge in [0, 0.05) is 19.3 Å². The van der Waals surface area contributed by atoms with Gasteiger partial charge in [-0.1, -0.05) is 290 Å². The van der Waals surface area contributed by atoms with Crippen LogP contribution in [0.4, 0.5) is 0 Å². The van der Waals surface area contributed by atoms with Gasteiger partial charge in [-0.15, -0.1) is 0 Å². The Morgan fingerprint density at radius 1 is 0.259 bits per heavy atom. The second-order valence-electron chi connectivity index (χ2n) is 22.3. The summed E-state index contributed by atoms with van der Waals surface area (Å²) < 4.78 is 17.0. The van der Waals surface area contributed by atoms with Crippen LogP contribution in [0.15, 0.2) is 122 Å². The van der Waals surface area contributed by atoms with Gasteiger partial charge in [-0.25, -0.2) is 0 Å². The van der Waals surface area contributed by atoms with Gasteiger partial charge in [0.25, 0.3) is 0 Å². The molecule has 0 fully saturated rings. The summed E-state index contributed by atoms with van der Waals surface area (Å²) in [5, 5.41) is 0. The number of carbonyl (C=O) groups is 3. The minimum Gasteiger partial charge on any atom is -0.462 e. The minimum atomic E-state index is -0.793. The fourth-order valence-electron chi connectivity index (χ4n) is 9.40. The normalized spacial score (nSPS) is 12.9. The Bertz CT molecular complexity index is 1670. The highest BCUT2D eigenvalue weighted by Crippen LogP contribution is 2.16. The summed E-state index contributed by atoms with van der Waals surface area (Å²) in [6.07, 6.45) is 95.0. The number of hydrogen-bond donors (Lipinski definition) is 0. The van der Waals surface area contributed by atoms with Crippen molar-refractivity contribution >= 4 is 17.9 Å². The first-order valence-electron chi connectivity index (χ1n) is 34.0. The van der Waals surface area contributed by atoms with Gasteiger partial charge in [0.1, 0.15) is 13.2 Å². The smallest absolute Gasteiger partial charge is 0.306 e. The summed E-state index contributed by atoms with van der Waals surface area (Å²) in [6, 6.07) is 0. The van der Waals surface area contributed by atoms with Crippen LogP contribution in [-0.2, 0) is 28.6 Å². The third kappa shape index (κ3) is 66.5. The molecule has 6 heteroatoms. The molecule has 0 aliphatic heterocycles. The number of ether oxygens (including phenoxy) is 3. The summed E-state index contributed by atoms with van der Waals surface area (Å²) in [5.74, 6) is -0.902. The number of esters is 3. The lowest BCUT2D eigenvalue weighted by Gasteiger charge is -2.18. The van der Waals surface area contributed by atoms with E-state index in [1.54, 1.807) is 0 Å². The fraction of sp³-hybridized carbons (Fsp3) is 0.693. The van der Waals surface area contributed by atoms with E-state index in [-0.39, 0.29) is 31.1 Å². The van der Waals surface area contributed by atoms with Crippen LogP contribution < -0.4 is 0 Å². The van der Waals surface area contributed by atoms with Crippen molar-refractivity contribution in [3.8, 4) is 0 Å². The Morgan fingerprint density at radius 2 is 0.481 bits per heavy atom. The molecule has 0 heterocycles. The fourth-order valence-corrected chi connectivity index (χ4v) is 9.40. The molecule has 0 spiro atoms. The molecule has 0 saturated carbocycles. The Balaban J connectivity index is 4.33. The highest BCUT2D eigenvalue weighted by molar-refractivity contribution is 5.71. The van der Waals surface area contributed by atoms with Crippen LogP contribution in [0.3, 0.4) is 0 Å². The van der Waals surface area contributed by atoms with Crippen molar-refractivity contribution in [3.63, 3.8) is 0 Å². The molecule has 1 unspecified atom stereocenters. The van der Waals surface area contributed by atoms with E-state index < -0.39 is 6.10 Å². The summed E-state index contributed by atoms with van der Waals surface area (Å²) in [5.41, 5.74) is 0. The zero-order chi connectivity index (χ0) is 58.5. The maximum absolute atomic E-state index is 12.9. The molecule has 0 N–H and O–H groups in total. The Labute approximate surface area is 501 Å². The first-order chi connectivity index (χ1) is 40.0. The summed E-state index contributed by atoms with van der Waals surface area (Å²) in [7, 11) is 0. The molecule has 0 amide bonds.